The number of rotatable bonds is 5. The Bertz CT molecular complexity index is 624. The summed E-state index contributed by atoms with van der Waals surface area (Å²) in [5, 5.41) is 11.4. The lowest BCUT2D eigenvalue weighted by Gasteiger charge is -2.13. The molecule has 1 heterocycles. The summed E-state index contributed by atoms with van der Waals surface area (Å²) < 4.78 is 5.00. The molecule has 4 heteroatoms. The Labute approximate surface area is 140 Å². The van der Waals surface area contributed by atoms with Crippen molar-refractivity contribution in [3.63, 3.8) is 0 Å². The van der Waals surface area contributed by atoms with Crippen LogP contribution >= 0.6 is 0 Å². The molecule has 1 aromatic heterocycles. The van der Waals surface area contributed by atoms with Crippen LogP contribution in [0.4, 0.5) is 0 Å². The fraction of sp³-hybridized carbons (Fsp3) is 0.474. The minimum Gasteiger partial charge on any atom is -0.386 e. The van der Waals surface area contributed by atoms with Crippen LogP contribution in [-0.2, 0) is 0 Å². The van der Waals surface area contributed by atoms with Crippen molar-refractivity contribution in [2.24, 2.45) is 0 Å². The molecule has 0 saturated heterocycles. The van der Waals surface area contributed by atoms with E-state index < -0.39 is 0 Å². The summed E-state index contributed by atoms with van der Waals surface area (Å²) >= 11 is 0. The highest BCUT2D eigenvalue weighted by Crippen LogP contribution is 2.28. The van der Waals surface area contributed by atoms with Crippen LogP contribution in [0.3, 0.4) is 0 Å². The third-order valence-electron chi connectivity index (χ3n) is 3.60. The minimum atomic E-state index is 0.137. The standard InChI is InChI=1S/C17H23N3O.C2H6/c1-6-7-15(18-5)17-16(19-21-20-17)13(4)14-9-11(2)8-12(3)10-14;1-2/h7-10,13,18H,6H2,1-5H3;1-2H3/b15-7+;. The summed E-state index contributed by atoms with van der Waals surface area (Å²) in [7, 11) is 1.89. The SMILES string of the molecule is CC.CC/C=C(/NC)c1nonc1C(C)c1cc(C)cc(C)c1. The van der Waals surface area contributed by atoms with Crippen molar-refractivity contribution in [1.29, 1.82) is 0 Å². The largest absolute Gasteiger partial charge is 0.386 e. The molecule has 2 rings (SSSR count). The Morgan fingerprint density at radius 1 is 1.17 bits per heavy atom. The van der Waals surface area contributed by atoms with Crippen molar-refractivity contribution < 1.29 is 4.63 Å². The van der Waals surface area contributed by atoms with Gasteiger partial charge in [0.1, 0.15) is 5.69 Å². The zero-order valence-electron chi connectivity index (χ0n) is 15.4. The second-order valence-corrected chi connectivity index (χ2v) is 5.42. The summed E-state index contributed by atoms with van der Waals surface area (Å²) in [6.45, 7) is 12.5. The van der Waals surface area contributed by atoms with E-state index in [0.717, 1.165) is 23.5 Å². The van der Waals surface area contributed by atoms with Crippen LogP contribution in [0, 0.1) is 13.8 Å². The number of aryl methyl sites for hydroxylation is 2. The third-order valence-corrected chi connectivity index (χ3v) is 3.60. The molecule has 1 N–H and O–H groups in total. The van der Waals surface area contributed by atoms with E-state index in [0.29, 0.717) is 0 Å². The predicted octanol–water partition coefficient (Wildman–Crippen LogP) is 4.83. The Balaban J connectivity index is 0.00000127. The lowest BCUT2D eigenvalue weighted by atomic mass is 9.93. The lowest BCUT2D eigenvalue weighted by molar-refractivity contribution is 0.301. The van der Waals surface area contributed by atoms with Gasteiger partial charge >= 0.3 is 0 Å². The maximum absolute atomic E-state index is 5.00. The van der Waals surface area contributed by atoms with Gasteiger partial charge in [-0.2, -0.15) is 0 Å². The molecular formula is C19H29N3O. The van der Waals surface area contributed by atoms with Gasteiger partial charge in [0.05, 0.1) is 5.70 Å². The van der Waals surface area contributed by atoms with Gasteiger partial charge < -0.3 is 5.32 Å². The summed E-state index contributed by atoms with van der Waals surface area (Å²) in [6, 6.07) is 6.56. The smallest absolute Gasteiger partial charge is 0.154 e. The zero-order chi connectivity index (χ0) is 17.4. The number of hydrogen-bond donors (Lipinski definition) is 1. The van der Waals surface area contributed by atoms with Gasteiger partial charge in [0.2, 0.25) is 0 Å². The molecule has 0 radical (unpaired) electrons. The number of nitrogens with zero attached hydrogens (tertiary/aromatic N) is 2. The van der Waals surface area contributed by atoms with Crippen LogP contribution in [0.5, 0.6) is 0 Å². The van der Waals surface area contributed by atoms with Gasteiger partial charge in [-0.1, -0.05) is 68.3 Å². The van der Waals surface area contributed by atoms with E-state index in [9.17, 15) is 0 Å². The Morgan fingerprint density at radius 3 is 2.30 bits per heavy atom. The highest BCUT2D eigenvalue weighted by molar-refractivity contribution is 5.62. The van der Waals surface area contributed by atoms with Gasteiger partial charge in [-0.05, 0) is 31.0 Å². The van der Waals surface area contributed by atoms with E-state index in [-0.39, 0.29) is 5.92 Å². The van der Waals surface area contributed by atoms with Crippen molar-refractivity contribution in [2.45, 2.75) is 53.9 Å². The first-order valence-corrected chi connectivity index (χ1v) is 8.35. The molecule has 2 aromatic rings. The Kier molecular flexibility index (Phi) is 7.52. The predicted molar refractivity (Wildman–Crippen MR) is 96.4 cm³/mol. The average Bonchev–Trinajstić information content (AvgIpc) is 3.02. The van der Waals surface area contributed by atoms with Crippen LogP contribution in [0.15, 0.2) is 28.9 Å². The van der Waals surface area contributed by atoms with E-state index in [1.54, 1.807) is 0 Å². The van der Waals surface area contributed by atoms with Crippen LogP contribution < -0.4 is 5.32 Å². The number of allylic oxidation sites excluding steroid dienone is 1. The van der Waals surface area contributed by atoms with E-state index in [1.165, 1.54) is 16.7 Å². The Hall–Kier alpha value is -2.10. The topological polar surface area (TPSA) is 51.0 Å². The molecule has 1 aromatic carbocycles. The second-order valence-electron chi connectivity index (χ2n) is 5.42. The molecule has 0 aliphatic rings. The normalized spacial score (nSPS) is 12.4. The molecule has 1 unspecified atom stereocenters. The first kappa shape index (κ1) is 18.9. The number of benzene rings is 1. The first-order chi connectivity index (χ1) is 11.1. The third kappa shape index (κ3) is 4.68. The van der Waals surface area contributed by atoms with Gasteiger partial charge in [0, 0.05) is 13.0 Å². The van der Waals surface area contributed by atoms with Gasteiger partial charge in [-0.3, -0.25) is 0 Å². The molecular weight excluding hydrogens is 286 g/mol. The maximum Gasteiger partial charge on any atom is 0.154 e. The van der Waals surface area contributed by atoms with Crippen molar-refractivity contribution in [1.82, 2.24) is 15.6 Å². The highest BCUT2D eigenvalue weighted by atomic mass is 16.6. The van der Waals surface area contributed by atoms with Crippen molar-refractivity contribution in [2.75, 3.05) is 7.05 Å². The Morgan fingerprint density at radius 2 is 1.78 bits per heavy atom. The summed E-state index contributed by atoms with van der Waals surface area (Å²) in [6.07, 6.45) is 3.03. The lowest BCUT2D eigenvalue weighted by Crippen LogP contribution is -2.09. The van der Waals surface area contributed by atoms with Crippen molar-refractivity contribution >= 4 is 5.70 Å². The van der Waals surface area contributed by atoms with E-state index in [4.69, 9.17) is 4.63 Å². The zero-order valence-corrected chi connectivity index (χ0v) is 15.4. The highest BCUT2D eigenvalue weighted by Gasteiger charge is 2.21. The minimum absolute atomic E-state index is 0.137. The summed E-state index contributed by atoms with van der Waals surface area (Å²) in [5.74, 6) is 0.137. The van der Waals surface area contributed by atoms with E-state index in [1.807, 2.05) is 20.9 Å². The van der Waals surface area contributed by atoms with E-state index in [2.05, 4.69) is 67.6 Å². The quantitative estimate of drug-likeness (QED) is 0.858. The van der Waals surface area contributed by atoms with E-state index >= 15 is 0 Å². The van der Waals surface area contributed by atoms with Gasteiger partial charge in [0.25, 0.3) is 0 Å². The maximum atomic E-state index is 5.00. The van der Waals surface area contributed by atoms with Crippen LogP contribution in [0.2, 0.25) is 0 Å². The first-order valence-electron chi connectivity index (χ1n) is 8.35. The summed E-state index contributed by atoms with van der Waals surface area (Å²) in [5.41, 5.74) is 6.38. The second kappa shape index (κ2) is 9.13. The molecule has 126 valence electrons. The molecule has 0 amide bonds. The number of aromatic nitrogens is 2. The average molecular weight is 315 g/mol. The monoisotopic (exact) mass is 315 g/mol. The number of hydrogen-bond acceptors (Lipinski definition) is 4. The molecule has 0 saturated carbocycles. The van der Waals surface area contributed by atoms with Crippen LogP contribution in [0.25, 0.3) is 5.70 Å². The van der Waals surface area contributed by atoms with Gasteiger partial charge in [-0.15, -0.1) is 0 Å². The molecule has 0 aliphatic heterocycles. The molecule has 23 heavy (non-hydrogen) atoms. The van der Waals surface area contributed by atoms with Crippen LogP contribution in [-0.4, -0.2) is 17.4 Å². The molecule has 0 bridgehead atoms. The van der Waals surface area contributed by atoms with Gasteiger partial charge in [-0.25, -0.2) is 4.63 Å². The fourth-order valence-electron chi connectivity index (χ4n) is 2.61. The molecule has 4 nitrogen and oxygen atoms in total. The van der Waals surface area contributed by atoms with Crippen molar-refractivity contribution in [3.8, 4) is 0 Å². The van der Waals surface area contributed by atoms with Crippen LogP contribution in [0.1, 0.15) is 68.1 Å². The molecule has 0 fully saturated rings. The fourth-order valence-corrected chi connectivity index (χ4v) is 2.61. The van der Waals surface area contributed by atoms with Gasteiger partial charge in [0.15, 0.2) is 5.69 Å². The summed E-state index contributed by atoms with van der Waals surface area (Å²) in [4.78, 5) is 0. The molecule has 1 atom stereocenters. The molecule has 0 aliphatic carbocycles. The van der Waals surface area contributed by atoms with Crippen molar-refractivity contribution in [3.05, 3.63) is 52.4 Å². The molecule has 0 spiro atoms. The number of nitrogens with one attached hydrogen (secondary N) is 1.